The van der Waals surface area contributed by atoms with Crippen LogP contribution in [0.15, 0.2) is 0 Å². The molecule has 1 N–H and O–H groups in total. The molecule has 2 fully saturated rings. The molecule has 0 aromatic rings. The molecule has 2 rings (SSSR count). The molecule has 2 atom stereocenters. The Balaban J connectivity index is 2.22. The van der Waals surface area contributed by atoms with Gasteiger partial charge in [0, 0.05) is 11.5 Å². The Labute approximate surface area is 113 Å². The van der Waals surface area contributed by atoms with Gasteiger partial charge in [-0.25, -0.2) is 0 Å². The monoisotopic (exact) mass is 253 g/mol. The van der Waals surface area contributed by atoms with Gasteiger partial charge >= 0.3 is 0 Å². The van der Waals surface area contributed by atoms with Gasteiger partial charge in [0.25, 0.3) is 0 Å². The van der Waals surface area contributed by atoms with Crippen LogP contribution < -0.4 is 5.32 Å². The van der Waals surface area contributed by atoms with Gasteiger partial charge in [0.2, 0.25) is 0 Å². The summed E-state index contributed by atoms with van der Waals surface area (Å²) in [6.45, 7) is 19.5. The standard InChI is InChI=1S/C16H31NO/c1-11(2)17-9-12-14(5,6)16(12)10-13(3,4)18-15(16,7)8/h11-12,17H,9-10H2,1-8H3. The zero-order valence-corrected chi connectivity index (χ0v) is 13.5. The predicted octanol–water partition coefficient (Wildman–Crippen LogP) is 3.60. The molecular weight excluding hydrogens is 222 g/mol. The molecule has 0 bridgehead atoms. The van der Waals surface area contributed by atoms with E-state index in [0.29, 0.717) is 16.9 Å². The van der Waals surface area contributed by atoms with Crippen molar-refractivity contribution in [3.8, 4) is 0 Å². The van der Waals surface area contributed by atoms with E-state index >= 15 is 0 Å². The zero-order chi connectivity index (χ0) is 14.0. The van der Waals surface area contributed by atoms with Gasteiger partial charge < -0.3 is 10.1 Å². The highest BCUT2D eigenvalue weighted by atomic mass is 16.5. The molecule has 0 aromatic heterocycles. The van der Waals surface area contributed by atoms with E-state index in [4.69, 9.17) is 4.74 Å². The second-order valence-corrected chi connectivity index (χ2v) is 8.36. The van der Waals surface area contributed by atoms with Crippen LogP contribution in [0.25, 0.3) is 0 Å². The fraction of sp³-hybridized carbons (Fsp3) is 1.00. The van der Waals surface area contributed by atoms with Crippen LogP contribution in [-0.4, -0.2) is 23.8 Å². The average Bonchev–Trinajstić information content (AvgIpc) is 2.47. The van der Waals surface area contributed by atoms with E-state index in [2.05, 4.69) is 60.7 Å². The van der Waals surface area contributed by atoms with Crippen molar-refractivity contribution in [2.75, 3.05) is 6.54 Å². The molecule has 106 valence electrons. The van der Waals surface area contributed by atoms with Gasteiger partial charge in [0.1, 0.15) is 0 Å². The number of nitrogens with one attached hydrogen (secondary N) is 1. The SMILES string of the molecule is CC(C)NCC1C(C)(C)C12CC(C)(C)OC2(C)C. The third kappa shape index (κ3) is 1.76. The van der Waals surface area contributed by atoms with E-state index in [1.807, 2.05) is 0 Å². The first-order valence-electron chi connectivity index (χ1n) is 7.40. The second-order valence-electron chi connectivity index (χ2n) is 8.36. The minimum atomic E-state index is -0.0106. The Hall–Kier alpha value is -0.0800. The lowest BCUT2D eigenvalue weighted by Crippen LogP contribution is -2.35. The maximum Gasteiger partial charge on any atom is 0.0699 e. The van der Waals surface area contributed by atoms with Gasteiger partial charge in [0.15, 0.2) is 0 Å². The minimum absolute atomic E-state index is 0.0106. The second kappa shape index (κ2) is 3.73. The summed E-state index contributed by atoms with van der Waals surface area (Å²) in [5.74, 6) is 0.726. The first kappa shape index (κ1) is 14.3. The maximum atomic E-state index is 6.36. The Morgan fingerprint density at radius 1 is 1.11 bits per heavy atom. The van der Waals surface area contributed by atoms with Gasteiger partial charge in [-0.1, -0.05) is 27.7 Å². The zero-order valence-electron chi connectivity index (χ0n) is 13.5. The summed E-state index contributed by atoms with van der Waals surface area (Å²) >= 11 is 0. The predicted molar refractivity (Wildman–Crippen MR) is 76.7 cm³/mol. The van der Waals surface area contributed by atoms with E-state index in [1.165, 1.54) is 6.42 Å². The molecule has 1 aliphatic heterocycles. The molecule has 0 aromatic carbocycles. The summed E-state index contributed by atoms with van der Waals surface area (Å²) in [6.07, 6.45) is 1.18. The third-order valence-corrected chi connectivity index (χ3v) is 5.57. The summed E-state index contributed by atoms with van der Waals surface area (Å²) in [6, 6.07) is 0.567. The Morgan fingerprint density at radius 3 is 2.06 bits per heavy atom. The van der Waals surface area contributed by atoms with Crippen LogP contribution in [-0.2, 0) is 4.74 Å². The van der Waals surface area contributed by atoms with Gasteiger partial charge in [-0.15, -0.1) is 0 Å². The van der Waals surface area contributed by atoms with Crippen LogP contribution in [0.5, 0.6) is 0 Å². The van der Waals surface area contributed by atoms with Crippen molar-refractivity contribution in [2.24, 2.45) is 16.7 Å². The first-order chi connectivity index (χ1) is 7.96. The molecule has 1 saturated heterocycles. The highest BCUT2D eigenvalue weighted by molar-refractivity contribution is 5.28. The summed E-state index contributed by atoms with van der Waals surface area (Å²) in [7, 11) is 0. The molecular formula is C16H31NO. The number of hydrogen-bond acceptors (Lipinski definition) is 2. The van der Waals surface area contributed by atoms with Crippen molar-refractivity contribution >= 4 is 0 Å². The lowest BCUT2D eigenvalue weighted by atomic mass is 9.77. The van der Waals surface area contributed by atoms with Gasteiger partial charge in [-0.3, -0.25) is 0 Å². The van der Waals surface area contributed by atoms with Gasteiger partial charge in [-0.2, -0.15) is 0 Å². The fourth-order valence-corrected chi connectivity index (χ4v) is 5.00. The quantitative estimate of drug-likeness (QED) is 0.829. The summed E-state index contributed by atoms with van der Waals surface area (Å²) in [5.41, 5.74) is 0.730. The average molecular weight is 253 g/mol. The molecule has 0 radical (unpaired) electrons. The summed E-state index contributed by atoms with van der Waals surface area (Å²) in [4.78, 5) is 0. The van der Waals surface area contributed by atoms with Crippen molar-refractivity contribution in [3.63, 3.8) is 0 Å². The molecule has 1 saturated carbocycles. The minimum Gasteiger partial charge on any atom is -0.369 e. The maximum absolute atomic E-state index is 6.36. The highest BCUT2D eigenvalue weighted by Crippen LogP contribution is 2.79. The van der Waals surface area contributed by atoms with E-state index in [1.54, 1.807) is 0 Å². The number of hydrogen-bond donors (Lipinski definition) is 1. The molecule has 2 nitrogen and oxygen atoms in total. The number of ether oxygens (including phenoxy) is 1. The van der Waals surface area contributed by atoms with Crippen molar-refractivity contribution < 1.29 is 4.74 Å². The van der Waals surface area contributed by atoms with E-state index in [-0.39, 0.29) is 11.2 Å². The Kier molecular flexibility index (Phi) is 2.97. The van der Waals surface area contributed by atoms with E-state index in [9.17, 15) is 0 Å². The van der Waals surface area contributed by atoms with E-state index in [0.717, 1.165) is 12.5 Å². The van der Waals surface area contributed by atoms with Crippen LogP contribution in [0.1, 0.15) is 61.8 Å². The highest BCUT2D eigenvalue weighted by Gasteiger charge is 2.80. The Bertz CT molecular complexity index is 343. The smallest absolute Gasteiger partial charge is 0.0699 e. The normalized spacial score (nSPS) is 39.5. The molecule has 2 unspecified atom stereocenters. The first-order valence-corrected chi connectivity index (χ1v) is 7.40. The largest absolute Gasteiger partial charge is 0.369 e. The molecule has 1 aliphatic carbocycles. The van der Waals surface area contributed by atoms with E-state index < -0.39 is 0 Å². The van der Waals surface area contributed by atoms with Crippen LogP contribution >= 0.6 is 0 Å². The lowest BCUT2D eigenvalue weighted by molar-refractivity contribution is -0.0833. The summed E-state index contributed by atoms with van der Waals surface area (Å²) in [5, 5.41) is 3.62. The molecule has 1 heterocycles. The van der Waals surface area contributed by atoms with Crippen molar-refractivity contribution in [3.05, 3.63) is 0 Å². The van der Waals surface area contributed by atoms with Crippen molar-refractivity contribution in [1.29, 1.82) is 0 Å². The lowest BCUT2D eigenvalue weighted by Gasteiger charge is -2.30. The van der Waals surface area contributed by atoms with Crippen LogP contribution in [0.3, 0.4) is 0 Å². The topological polar surface area (TPSA) is 21.3 Å². The van der Waals surface area contributed by atoms with Crippen LogP contribution in [0.2, 0.25) is 0 Å². The molecule has 1 spiro atoms. The Morgan fingerprint density at radius 2 is 1.67 bits per heavy atom. The molecule has 0 amide bonds. The molecule has 2 heteroatoms. The van der Waals surface area contributed by atoms with Crippen molar-refractivity contribution in [1.82, 2.24) is 5.32 Å². The third-order valence-electron chi connectivity index (χ3n) is 5.57. The van der Waals surface area contributed by atoms with Crippen LogP contribution in [0.4, 0.5) is 0 Å². The molecule has 18 heavy (non-hydrogen) atoms. The number of rotatable bonds is 3. The van der Waals surface area contributed by atoms with Crippen molar-refractivity contribution in [2.45, 2.75) is 79.1 Å². The van der Waals surface area contributed by atoms with Gasteiger partial charge in [0.05, 0.1) is 11.2 Å². The van der Waals surface area contributed by atoms with Crippen LogP contribution in [0, 0.1) is 16.7 Å². The fourth-order valence-electron chi connectivity index (χ4n) is 5.00. The molecule has 2 aliphatic rings. The van der Waals surface area contributed by atoms with Gasteiger partial charge in [-0.05, 0) is 52.0 Å². The summed E-state index contributed by atoms with van der Waals surface area (Å²) < 4.78 is 6.36.